The summed E-state index contributed by atoms with van der Waals surface area (Å²) in [7, 11) is 0. The maximum absolute atomic E-state index is 2.63. The van der Waals surface area contributed by atoms with Gasteiger partial charge in [0.1, 0.15) is 0 Å². The van der Waals surface area contributed by atoms with Crippen LogP contribution in [-0.4, -0.2) is 0 Å². The molecule has 0 saturated carbocycles. The van der Waals surface area contributed by atoms with E-state index in [2.05, 4.69) is 96.1 Å². The minimum Gasteiger partial charge on any atom is -0.0651 e. The molecule has 0 radical (unpaired) electrons. The van der Waals surface area contributed by atoms with Crippen LogP contribution in [0.4, 0.5) is 0 Å². The Kier molecular flexibility index (Phi) is 6.92. The van der Waals surface area contributed by atoms with Gasteiger partial charge in [0.05, 0.1) is 0 Å². The Labute approximate surface area is 180 Å². The molecule has 0 bridgehead atoms. The zero-order valence-electron chi connectivity index (χ0n) is 19.7. The van der Waals surface area contributed by atoms with Crippen LogP contribution in [0.1, 0.15) is 96.3 Å². The lowest BCUT2D eigenvalue weighted by Crippen LogP contribution is -2.48. The first-order valence-corrected chi connectivity index (χ1v) is 12.1. The number of hydrogen-bond donors (Lipinski definition) is 0. The number of rotatable bonds is 7. The van der Waals surface area contributed by atoms with Crippen LogP contribution in [0.15, 0.2) is 54.6 Å². The molecule has 158 valence electrons. The molecule has 2 aromatic carbocycles. The summed E-state index contributed by atoms with van der Waals surface area (Å²) in [6.07, 6.45) is 7.51. The predicted molar refractivity (Wildman–Crippen MR) is 128 cm³/mol. The van der Waals surface area contributed by atoms with Gasteiger partial charge in [-0.15, -0.1) is 0 Å². The first-order chi connectivity index (χ1) is 13.9. The van der Waals surface area contributed by atoms with Crippen LogP contribution in [0.3, 0.4) is 0 Å². The molecule has 0 fully saturated rings. The summed E-state index contributed by atoms with van der Waals surface area (Å²) >= 11 is 0. The highest BCUT2D eigenvalue weighted by atomic mass is 14.6. The third-order valence-electron chi connectivity index (χ3n) is 8.98. The zero-order chi connectivity index (χ0) is 21.1. The van der Waals surface area contributed by atoms with E-state index in [9.17, 15) is 0 Å². The fourth-order valence-corrected chi connectivity index (χ4v) is 6.60. The smallest absolute Gasteiger partial charge is 0.00187 e. The lowest BCUT2D eigenvalue weighted by Gasteiger charge is -2.53. The molecule has 5 unspecified atom stereocenters. The fraction of sp³-hybridized carbons (Fsp3) is 0.586. The van der Waals surface area contributed by atoms with Crippen molar-refractivity contribution in [3.63, 3.8) is 0 Å². The molecule has 0 heterocycles. The van der Waals surface area contributed by atoms with Crippen LogP contribution in [0.25, 0.3) is 0 Å². The molecule has 0 heteroatoms. The molecule has 2 aromatic rings. The van der Waals surface area contributed by atoms with Crippen LogP contribution in [0.2, 0.25) is 0 Å². The highest BCUT2D eigenvalue weighted by Gasteiger charge is 2.53. The van der Waals surface area contributed by atoms with Crippen molar-refractivity contribution in [2.75, 3.05) is 0 Å². The van der Waals surface area contributed by atoms with Gasteiger partial charge in [-0.2, -0.15) is 0 Å². The van der Waals surface area contributed by atoms with Gasteiger partial charge < -0.3 is 0 Å². The third kappa shape index (κ3) is 3.80. The first kappa shape index (κ1) is 22.1. The maximum atomic E-state index is 2.63. The normalized spacial score (nSPS) is 30.4. The standard InChI is InChI=1S/C29H42/c1-7-23-21-27(24(8-2)20-22-16-12-11-13-17-22)29(6,10-4)28(5,9-3)26-19-15-14-18-25(23)26/h11-19,23-24,27H,7-10,20-21H2,1-6H3. The Hall–Kier alpha value is -1.56. The topological polar surface area (TPSA) is 0 Å². The van der Waals surface area contributed by atoms with E-state index in [0.29, 0.717) is 11.3 Å². The number of hydrogen-bond acceptors (Lipinski definition) is 0. The molecule has 1 aliphatic carbocycles. The third-order valence-corrected chi connectivity index (χ3v) is 8.98. The van der Waals surface area contributed by atoms with Crippen molar-refractivity contribution in [2.45, 2.75) is 91.4 Å². The van der Waals surface area contributed by atoms with Gasteiger partial charge in [-0.1, -0.05) is 103 Å². The molecule has 0 N–H and O–H groups in total. The Bertz CT molecular complexity index is 776. The summed E-state index contributed by atoms with van der Waals surface area (Å²) in [5.74, 6) is 2.15. The Morgan fingerprint density at radius 2 is 1.52 bits per heavy atom. The van der Waals surface area contributed by atoms with Crippen molar-refractivity contribution in [3.05, 3.63) is 71.3 Å². The second-order valence-electron chi connectivity index (χ2n) is 9.85. The van der Waals surface area contributed by atoms with Gasteiger partial charge in [0.2, 0.25) is 0 Å². The van der Waals surface area contributed by atoms with Crippen molar-refractivity contribution in [1.82, 2.24) is 0 Å². The van der Waals surface area contributed by atoms with E-state index in [1.54, 1.807) is 11.1 Å². The van der Waals surface area contributed by atoms with Gasteiger partial charge in [-0.25, -0.2) is 0 Å². The average molecular weight is 391 g/mol. The van der Waals surface area contributed by atoms with E-state index in [-0.39, 0.29) is 5.41 Å². The van der Waals surface area contributed by atoms with Gasteiger partial charge in [-0.3, -0.25) is 0 Å². The summed E-state index contributed by atoms with van der Waals surface area (Å²) in [5.41, 5.74) is 5.30. The minimum absolute atomic E-state index is 0.219. The highest BCUT2D eigenvalue weighted by Crippen LogP contribution is 2.60. The highest BCUT2D eigenvalue weighted by molar-refractivity contribution is 5.40. The van der Waals surface area contributed by atoms with Crippen LogP contribution in [0.5, 0.6) is 0 Å². The molecule has 1 aliphatic rings. The molecule has 3 rings (SSSR count). The lowest BCUT2D eigenvalue weighted by atomic mass is 9.51. The SMILES string of the molecule is CCC1CC(C(CC)Cc2ccccc2)C(C)(CC)C(C)(CC)c2ccccc21. The quantitative estimate of drug-likeness (QED) is 0.415. The largest absolute Gasteiger partial charge is 0.0651 e. The molecular formula is C29H42. The van der Waals surface area contributed by atoms with E-state index in [0.717, 1.165) is 11.8 Å². The summed E-state index contributed by atoms with van der Waals surface area (Å²) in [5, 5.41) is 0. The van der Waals surface area contributed by atoms with Crippen molar-refractivity contribution in [2.24, 2.45) is 17.3 Å². The second kappa shape index (κ2) is 9.07. The lowest BCUT2D eigenvalue weighted by molar-refractivity contribution is 0.0175. The van der Waals surface area contributed by atoms with E-state index in [4.69, 9.17) is 0 Å². The van der Waals surface area contributed by atoms with Gasteiger partial charge >= 0.3 is 0 Å². The van der Waals surface area contributed by atoms with E-state index in [1.807, 2.05) is 0 Å². The van der Waals surface area contributed by atoms with Crippen LogP contribution in [0, 0.1) is 17.3 Å². The summed E-state index contributed by atoms with van der Waals surface area (Å²) in [6, 6.07) is 20.6. The second-order valence-corrected chi connectivity index (χ2v) is 9.85. The first-order valence-electron chi connectivity index (χ1n) is 12.1. The minimum atomic E-state index is 0.219. The Morgan fingerprint density at radius 1 is 0.862 bits per heavy atom. The van der Waals surface area contributed by atoms with Crippen LogP contribution in [-0.2, 0) is 11.8 Å². The van der Waals surface area contributed by atoms with E-state index >= 15 is 0 Å². The zero-order valence-corrected chi connectivity index (χ0v) is 19.7. The van der Waals surface area contributed by atoms with Crippen molar-refractivity contribution in [1.29, 1.82) is 0 Å². The maximum Gasteiger partial charge on any atom is -0.00187 e. The van der Waals surface area contributed by atoms with Gasteiger partial charge in [0, 0.05) is 0 Å². The molecule has 0 saturated heterocycles. The number of benzene rings is 2. The van der Waals surface area contributed by atoms with Crippen molar-refractivity contribution in [3.8, 4) is 0 Å². The van der Waals surface area contributed by atoms with E-state index in [1.165, 1.54) is 44.1 Å². The summed E-state index contributed by atoms with van der Waals surface area (Å²) < 4.78 is 0. The van der Waals surface area contributed by atoms with Crippen molar-refractivity contribution < 1.29 is 0 Å². The molecule has 0 nitrogen and oxygen atoms in total. The molecule has 0 amide bonds. The Balaban J connectivity index is 2.13. The fourth-order valence-electron chi connectivity index (χ4n) is 6.60. The van der Waals surface area contributed by atoms with Crippen molar-refractivity contribution >= 4 is 0 Å². The molecular weight excluding hydrogens is 348 g/mol. The average Bonchev–Trinajstić information content (AvgIpc) is 2.85. The molecule has 0 aliphatic heterocycles. The molecule has 5 atom stereocenters. The summed E-state index contributed by atoms with van der Waals surface area (Å²) in [4.78, 5) is 0. The molecule has 0 spiro atoms. The van der Waals surface area contributed by atoms with Gasteiger partial charge in [0.25, 0.3) is 0 Å². The van der Waals surface area contributed by atoms with E-state index < -0.39 is 0 Å². The molecule has 29 heavy (non-hydrogen) atoms. The predicted octanol–water partition coefficient (Wildman–Crippen LogP) is 8.55. The number of fused-ring (bicyclic) bond motifs is 1. The summed E-state index contributed by atoms with van der Waals surface area (Å²) in [6.45, 7) is 14.9. The Morgan fingerprint density at radius 3 is 2.10 bits per heavy atom. The monoisotopic (exact) mass is 390 g/mol. The molecule has 0 aromatic heterocycles. The van der Waals surface area contributed by atoms with Crippen LogP contribution < -0.4 is 0 Å². The van der Waals surface area contributed by atoms with Gasteiger partial charge in [0.15, 0.2) is 0 Å². The van der Waals surface area contributed by atoms with Crippen LogP contribution >= 0.6 is 0 Å². The van der Waals surface area contributed by atoms with Gasteiger partial charge in [-0.05, 0) is 77.4 Å².